The highest BCUT2D eigenvalue weighted by atomic mass is 16.5. The molecule has 0 heterocycles. The van der Waals surface area contributed by atoms with E-state index in [1.54, 1.807) is 43.3 Å². The van der Waals surface area contributed by atoms with Gasteiger partial charge in [-0.1, -0.05) is 24.3 Å². The number of nitrogens with two attached hydrogens (primary N) is 2. The third kappa shape index (κ3) is 5.36. The summed E-state index contributed by atoms with van der Waals surface area (Å²) >= 11 is 0. The number of benzene rings is 2. The lowest BCUT2D eigenvalue weighted by Crippen LogP contribution is -2.50. The molecule has 3 amide bonds. The van der Waals surface area contributed by atoms with Crippen molar-refractivity contribution in [2.24, 2.45) is 11.5 Å². The summed E-state index contributed by atoms with van der Waals surface area (Å²) < 4.78 is 0. The summed E-state index contributed by atoms with van der Waals surface area (Å²) in [7, 11) is 0. The minimum absolute atomic E-state index is 0.151. The van der Waals surface area contributed by atoms with Crippen molar-refractivity contribution in [1.82, 2.24) is 10.8 Å². The van der Waals surface area contributed by atoms with Gasteiger partial charge in [0.25, 0.3) is 11.8 Å². The standard InChI is InChI=1S/C19H23N5O4/c1-11(21)17(25)22-15-8-6-13(7-9-15)12-2-4-14(5-3-12)18(26)23-16(10-20)19(27)24-28/h2-9,11,16,28H,10,20-21H2,1H3,(H,22,25)(H,23,26)(H,24,27)/t11-,16+/m1/s1. The Labute approximate surface area is 162 Å². The molecule has 2 aromatic rings. The molecule has 9 nitrogen and oxygen atoms in total. The topological polar surface area (TPSA) is 160 Å². The highest BCUT2D eigenvalue weighted by molar-refractivity contribution is 5.98. The van der Waals surface area contributed by atoms with Crippen LogP contribution in [0, 0.1) is 0 Å². The van der Waals surface area contributed by atoms with Crippen molar-refractivity contribution in [2.45, 2.75) is 19.0 Å². The van der Waals surface area contributed by atoms with Crippen molar-refractivity contribution in [1.29, 1.82) is 0 Å². The average Bonchev–Trinajstić information content (AvgIpc) is 2.71. The number of hydrogen-bond donors (Lipinski definition) is 6. The van der Waals surface area contributed by atoms with Crippen LogP contribution in [0.1, 0.15) is 17.3 Å². The first kappa shape index (κ1) is 21.0. The summed E-state index contributed by atoms with van der Waals surface area (Å²) in [5.74, 6) is -1.54. The van der Waals surface area contributed by atoms with Gasteiger partial charge in [0.15, 0.2) is 0 Å². The Morgan fingerprint density at radius 2 is 1.50 bits per heavy atom. The van der Waals surface area contributed by atoms with Gasteiger partial charge in [-0.3, -0.25) is 19.6 Å². The summed E-state index contributed by atoms with van der Waals surface area (Å²) in [6.45, 7) is 1.45. The lowest BCUT2D eigenvalue weighted by molar-refractivity contribution is -0.130. The second kappa shape index (κ2) is 9.60. The quantitative estimate of drug-likeness (QED) is 0.295. The molecule has 0 radical (unpaired) electrons. The fraction of sp³-hybridized carbons (Fsp3) is 0.211. The summed E-state index contributed by atoms with van der Waals surface area (Å²) in [5.41, 5.74) is 15.1. The predicted octanol–water partition coefficient (Wildman–Crippen LogP) is 0.202. The maximum atomic E-state index is 12.2. The van der Waals surface area contributed by atoms with Gasteiger partial charge in [0.1, 0.15) is 6.04 Å². The van der Waals surface area contributed by atoms with Crippen molar-refractivity contribution >= 4 is 23.4 Å². The fourth-order valence-electron chi connectivity index (χ4n) is 2.37. The Hall–Kier alpha value is -3.27. The molecule has 0 aliphatic heterocycles. The molecule has 0 aliphatic carbocycles. The average molecular weight is 385 g/mol. The number of carbonyl (C=O) groups is 3. The minimum atomic E-state index is -1.03. The Bertz CT molecular complexity index is 834. The van der Waals surface area contributed by atoms with E-state index in [-0.39, 0.29) is 12.5 Å². The largest absolute Gasteiger partial charge is 0.339 e. The maximum absolute atomic E-state index is 12.2. The molecule has 2 atom stereocenters. The van der Waals surface area contributed by atoms with E-state index in [9.17, 15) is 14.4 Å². The molecule has 0 aromatic heterocycles. The van der Waals surface area contributed by atoms with E-state index in [2.05, 4.69) is 10.6 Å². The highest BCUT2D eigenvalue weighted by Gasteiger charge is 2.19. The normalized spacial score (nSPS) is 12.6. The van der Waals surface area contributed by atoms with Crippen molar-refractivity contribution < 1.29 is 19.6 Å². The molecule has 0 spiro atoms. The van der Waals surface area contributed by atoms with Crippen LogP contribution in [0.4, 0.5) is 5.69 Å². The van der Waals surface area contributed by atoms with Gasteiger partial charge in [0.2, 0.25) is 5.91 Å². The molecule has 0 unspecified atom stereocenters. The highest BCUT2D eigenvalue weighted by Crippen LogP contribution is 2.22. The number of nitrogens with one attached hydrogen (secondary N) is 3. The van der Waals surface area contributed by atoms with Crippen molar-refractivity contribution in [2.75, 3.05) is 11.9 Å². The molecule has 0 saturated carbocycles. The van der Waals surface area contributed by atoms with E-state index in [1.165, 1.54) is 5.48 Å². The SMILES string of the molecule is C[C@@H](N)C(=O)Nc1ccc(-c2ccc(C(=O)N[C@@H](CN)C(=O)NO)cc2)cc1. The maximum Gasteiger partial charge on any atom is 0.267 e. The van der Waals surface area contributed by atoms with Crippen LogP contribution in [0.15, 0.2) is 48.5 Å². The Morgan fingerprint density at radius 3 is 1.96 bits per heavy atom. The first-order valence-corrected chi connectivity index (χ1v) is 8.57. The van der Waals surface area contributed by atoms with Crippen molar-refractivity contribution in [3.63, 3.8) is 0 Å². The minimum Gasteiger partial charge on any atom is -0.339 e. The van der Waals surface area contributed by atoms with Crippen LogP contribution in [0.5, 0.6) is 0 Å². The summed E-state index contributed by atoms with van der Waals surface area (Å²) in [6.07, 6.45) is 0. The molecule has 0 saturated heterocycles. The van der Waals surface area contributed by atoms with Crippen molar-refractivity contribution in [3.8, 4) is 11.1 Å². The van der Waals surface area contributed by atoms with Crippen LogP contribution in [-0.4, -0.2) is 41.6 Å². The molecular weight excluding hydrogens is 362 g/mol. The number of hydroxylamine groups is 1. The second-order valence-corrected chi connectivity index (χ2v) is 6.17. The van der Waals surface area contributed by atoms with Gasteiger partial charge in [-0.2, -0.15) is 0 Å². The van der Waals surface area contributed by atoms with Gasteiger partial charge in [-0.25, -0.2) is 5.48 Å². The third-order valence-corrected chi connectivity index (χ3v) is 4.01. The molecule has 0 bridgehead atoms. The van der Waals surface area contributed by atoms with E-state index in [1.807, 2.05) is 12.1 Å². The van der Waals surface area contributed by atoms with Gasteiger partial charge < -0.3 is 22.1 Å². The summed E-state index contributed by atoms with van der Waals surface area (Å²) in [4.78, 5) is 35.2. The number of hydrogen-bond acceptors (Lipinski definition) is 6. The summed E-state index contributed by atoms with van der Waals surface area (Å²) in [6, 6.07) is 12.3. The van der Waals surface area contributed by atoms with Gasteiger partial charge >= 0.3 is 0 Å². The van der Waals surface area contributed by atoms with E-state index in [4.69, 9.17) is 16.7 Å². The first-order chi connectivity index (χ1) is 13.3. The lowest BCUT2D eigenvalue weighted by Gasteiger charge is -2.14. The predicted molar refractivity (Wildman–Crippen MR) is 104 cm³/mol. The van der Waals surface area contributed by atoms with Crippen molar-refractivity contribution in [3.05, 3.63) is 54.1 Å². The number of amides is 3. The number of rotatable bonds is 7. The molecule has 28 heavy (non-hydrogen) atoms. The third-order valence-electron chi connectivity index (χ3n) is 4.01. The van der Waals surface area contributed by atoms with E-state index in [0.29, 0.717) is 11.3 Å². The van der Waals surface area contributed by atoms with Gasteiger partial charge in [-0.05, 0) is 42.3 Å². The Kier molecular flexibility index (Phi) is 7.21. The Morgan fingerprint density at radius 1 is 0.964 bits per heavy atom. The zero-order valence-corrected chi connectivity index (χ0v) is 15.3. The van der Waals surface area contributed by atoms with Gasteiger partial charge in [0, 0.05) is 17.8 Å². The van der Waals surface area contributed by atoms with Gasteiger partial charge in [-0.15, -0.1) is 0 Å². The molecule has 2 rings (SSSR count). The zero-order chi connectivity index (χ0) is 20.7. The molecule has 148 valence electrons. The first-order valence-electron chi connectivity index (χ1n) is 8.57. The number of anilines is 1. The van der Waals surface area contributed by atoms with Crippen LogP contribution in [0.25, 0.3) is 11.1 Å². The molecule has 0 fully saturated rings. The second-order valence-electron chi connectivity index (χ2n) is 6.17. The van der Waals surface area contributed by atoms with E-state index < -0.39 is 23.9 Å². The van der Waals surface area contributed by atoms with Crippen LogP contribution >= 0.6 is 0 Å². The fourth-order valence-corrected chi connectivity index (χ4v) is 2.37. The van der Waals surface area contributed by atoms with Crippen LogP contribution < -0.4 is 27.6 Å². The lowest BCUT2D eigenvalue weighted by atomic mass is 10.0. The molecular formula is C19H23N5O4. The molecule has 2 aromatic carbocycles. The summed E-state index contributed by atoms with van der Waals surface area (Å²) in [5, 5.41) is 13.8. The zero-order valence-electron chi connectivity index (χ0n) is 15.3. The van der Waals surface area contributed by atoms with Crippen LogP contribution in [0.3, 0.4) is 0 Å². The van der Waals surface area contributed by atoms with Gasteiger partial charge in [0.05, 0.1) is 6.04 Å². The van der Waals surface area contributed by atoms with E-state index >= 15 is 0 Å². The molecule has 8 N–H and O–H groups in total. The molecule has 9 heteroatoms. The smallest absolute Gasteiger partial charge is 0.267 e. The molecule has 0 aliphatic rings. The van der Waals surface area contributed by atoms with E-state index in [0.717, 1.165) is 11.1 Å². The van der Waals surface area contributed by atoms with Crippen LogP contribution in [-0.2, 0) is 9.59 Å². The number of carbonyl (C=O) groups excluding carboxylic acids is 3. The Balaban J connectivity index is 2.06. The monoisotopic (exact) mass is 385 g/mol. The van der Waals surface area contributed by atoms with Crippen LogP contribution in [0.2, 0.25) is 0 Å².